The van der Waals surface area contributed by atoms with Gasteiger partial charge in [0.25, 0.3) is 0 Å². The van der Waals surface area contributed by atoms with Crippen molar-refractivity contribution in [3.8, 4) is 28.8 Å². The number of nitrogens with two attached hydrogens (primary N) is 1. The van der Waals surface area contributed by atoms with Crippen LogP contribution in [0.25, 0.3) is 11.3 Å². The Morgan fingerprint density at radius 2 is 2.03 bits per heavy atom. The van der Waals surface area contributed by atoms with Crippen molar-refractivity contribution < 1.29 is 9.53 Å². The Balaban J connectivity index is 1.66. The van der Waals surface area contributed by atoms with Gasteiger partial charge in [-0.25, -0.2) is 4.98 Å². The smallest absolute Gasteiger partial charge is 0.241 e. The molecule has 2 aromatic heterocycles. The molecule has 168 valence electrons. The van der Waals surface area contributed by atoms with E-state index in [-0.39, 0.29) is 12.5 Å². The molecule has 1 aliphatic rings. The number of amides is 1. The van der Waals surface area contributed by atoms with Gasteiger partial charge in [0.1, 0.15) is 17.3 Å². The number of hydrogen-bond donors (Lipinski definition) is 1. The quantitative estimate of drug-likeness (QED) is 0.625. The van der Waals surface area contributed by atoms with Crippen molar-refractivity contribution in [1.29, 1.82) is 5.26 Å². The number of ether oxygens (including phenoxy) is 1. The van der Waals surface area contributed by atoms with Crippen LogP contribution in [0.1, 0.15) is 16.8 Å². The van der Waals surface area contributed by atoms with E-state index in [1.807, 2.05) is 48.4 Å². The zero-order valence-corrected chi connectivity index (χ0v) is 18.8. The summed E-state index contributed by atoms with van der Waals surface area (Å²) < 4.78 is 6.27. The number of benzene rings is 1. The summed E-state index contributed by atoms with van der Waals surface area (Å²) in [6, 6.07) is 15.0. The number of hydrogen-bond acceptors (Lipinski definition) is 7. The highest BCUT2D eigenvalue weighted by atomic mass is 16.5. The summed E-state index contributed by atoms with van der Waals surface area (Å²) in [4.78, 5) is 25.0. The Bertz CT molecular complexity index is 1200. The van der Waals surface area contributed by atoms with Crippen molar-refractivity contribution in [2.45, 2.75) is 13.3 Å². The van der Waals surface area contributed by atoms with Crippen molar-refractivity contribution >= 4 is 11.7 Å². The van der Waals surface area contributed by atoms with Gasteiger partial charge in [0.2, 0.25) is 5.91 Å². The summed E-state index contributed by atoms with van der Waals surface area (Å²) in [5, 5.41) is 9.40. The van der Waals surface area contributed by atoms with E-state index in [0.29, 0.717) is 42.5 Å². The summed E-state index contributed by atoms with van der Waals surface area (Å²) in [5.74, 6) is 1.85. The molecule has 0 spiro atoms. The minimum atomic E-state index is 0.0557. The number of rotatable bonds is 6. The maximum Gasteiger partial charge on any atom is 0.241 e. The molecule has 3 aromatic rings. The first kappa shape index (κ1) is 22.2. The zero-order chi connectivity index (χ0) is 23.4. The van der Waals surface area contributed by atoms with Crippen LogP contribution in [-0.4, -0.2) is 54.0 Å². The van der Waals surface area contributed by atoms with Crippen molar-refractivity contribution in [3.63, 3.8) is 0 Å². The van der Waals surface area contributed by atoms with Crippen LogP contribution in [0.15, 0.2) is 48.7 Å². The lowest BCUT2D eigenvalue weighted by Gasteiger charge is -2.33. The van der Waals surface area contributed by atoms with Crippen LogP contribution in [-0.2, 0) is 11.2 Å². The Hall–Kier alpha value is -3.96. The highest BCUT2D eigenvalue weighted by Crippen LogP contribution is 2.34. The molecule has 0 unspecified atom stereocenters. The monoisotopic (exact) mass is 442 g/mol. The third kappa shape index (κ3) is 5.10. The second kappa shape index (κ2) is 9.67. The fourth-order valence-electron chi connectivity index (χ4n) is 3.71. The predicted octanol–water partition coefficient (Wildman–Crippen LogP) is 2.90. The molecule has 0 bridgehead atoms. The van der Waals surface area contributed by atoms with Gasteiger partial charge in [-0.1, -0.05) is 6.07 Å². The molecule has 33 heavy (non-hydrogen) atoms. The van der Waals surface area contributed by atoms with E-state index in [0.717, 1.165) is 28.9 Å². The SMILES string of the molecule is Cc1cc(Oc2cc(C#N)ccc2-c2ccc(CCN)cn2)cc(N2CCN(C)C(=O)C2)n1. The molecule has 8 heteroatoms. The first-order valence-corrected chi connectivity index (χ1v) is 10.8. The lowest BCUT2D eigenvalue weighted by molar-refractivity contribution is -0.129. The molecule has 1 aliphatic heterocycles. The molecular weight excluding hydrogens is 416 g/mol. The van der Waals surface area contributed by atoms with Gasteiger partial charge < -0.3 is 20.3 Å². The van der Waals surface area contributed by atoms with Gasteiger partial charge in [0, 0.05) is 49.7 Å². The lowest BCUT2D eigenvalue weighted by Crippen LogP contribution is -2.48. The van der Waals surface area contributed by atoms with Gasteiger partial charge in [-0.3, -0.25) is 9.78 Å². The van der Waals surface area contributed by atoms with Gasteiger partial charge in [0.15, 0.2) is 0 Å². The lowest BCUT2D eigenvalue weighted by atomic mass is 10.1. The van der Waals surface area contributed by atoms with Gasteiger partial charge in [-0.15, -0.1) is 0 Å². The number of aryl methyl sites for hydroxylation is 1. The molecule has 0 atom stereocenters. The molecule has 4 rings (SSSR count). The number of nitrogens with zero attached hydrogens (tertiary/aromatic N) is 5. The molecule has 1 aromatic carbocycles. The van der Waals surface area contributed by atoms with Crippen molar-refractivity contribution in [1.82, 2.24) is 14.9 Å². The van der Waals surface area contributed by atoms with Crippen molar-refractivity contribution in [2.24, 2.45) is 5.73 Å². The van der Waals surface area contributed by atoms with Crippen LogP contribution in [0, 0.1) is 18.3 Å². The summed E-state index contributed by atoms with van der Waals surface area (Å²) >= 11 is 0. The second-order valence-corrected chi connectivity index (χ2v) is 8.05. The van der Waals surface area contributed by atoms with E-state index in [1.165, 1.54) is 0 Å². The first-order chi connectivity index (χ1) is 16.0. The van der Waals surface area contributed by atoms with Gasteiger partial charge in [0.05, 0.1) is 23.9 Å². The van der Waals surface area contributed by atoms with E-state index < -0.39 is 0 Å². The highest BCUT2D eigenvalue weighted by molar-refractivity contribution is 5.82. The van der Waals surface area contributed by atoms with Crippen LogP contribution >= 0.6 is 0 Å². The fraction of sp³-hybridized carbons (Fsp3) is 0.280. The van der Waals surface area contributed by atoms with Gasteiger partial charge in [-0.2, -0.15) is 5.26 Å². The molecule has 1 saturated heterocycles. The third-order valence-electron chi connectivity index (χ3n) is 5.57. The average Bonchev–Trinajstić information content (AvgIpc) is 2.81. The van der Waals surface area contributed by atoms with Crippen LogP contribution in [0.4, 0.5) is 5.82 Å². The molecule has 1 fully saturated rings. The normalized spacial score (nSPS) is 13.7. The highest BCUT2D eigenvalue weighted by Gasteiger charge is 2.23. The van der Waals surface area contributed by atoms with E-state index in [4.69, 9.17) is 10.5 Å². The van der Waals surface area contributed by atoms with Crippen LogP contribution in [0.5, 0.6) is 11.5 Å². The molecule has 3 heterocycles. The number of carbonyl (C=O) groups excluding carboxylic acids is 1. The molecule has 8 nitrogen and oxygen atoms in total. The summed E-state index contributed by atoms with van der Waals surface area (Å²) in [7, 11) is 1.80. The van der Waals surface area contributed by atoms with Crippen molar-refractivity contribution in [2.75, 3.05) is 38.1 Å². The number of aromatic nitrogens is 2. The molecular formula is C25H26N6O2. The second-order valence-electron chi connectivity index (χ2n) is 8.05. The Labute approximate surface area is 193 Å². The van der Waals surface area contributed by atoms with E-state index in [9.17, 15) is 10.1 Å². The predicted molar refractivity (Wildman–Crippen MR) is 126 cm³/mol. The topological polar surface area (TPSA) is 108 Å². The van der Waals surface area contributed by atoms with E-state index in [1.54, 1.807) is 24.1 Å². The average molecular weight is 443 g/mol. The summed E-state index contributed by atoms with van der Waals surface area (Å²) in [6.07, 6.45) is 2.57. The molecule has 2 N–H and O–H groups in total. The van der Waals surface area contributed by atoms with Gasteiger partial charge in [-0.05, 0) is 49.7 Å². The number of nitriles is 1. The molecule has 0 saturated carbocycles. The third-order valence-corrected chi connectivity index (χ3v) is 5.57. The van der Waals surface area contributed by atoms with E-state index >= 15 is 0 Å². The van der Waals surface area contributed by atoms with Crippen LogP contribution in [0.3, 0.4) is 0 Å². The minimum Gasteiger partial charge on any atom is -0.456 e. The Kier molecular flexibility index (Phi) is 6.52. The largest absolute Gasteiger partial charge is 0.456 e. The molecule has 0 aliphatic carbocycles. The number of anilines is 1. The zero-order valence-electron chi connectivity index (χ0n) is 18.8. The van der Waals surface area contributed by atoms with Gasteiger partial charge >= 0.3 is 0 Å². The van der Waals surface area contributed by atoms with Crippen molar-refractivity contribution in [3.05, 3.63) is 65.5 Å². The fourth-order valence-corrected chi connectivity index (χ4v) is 3.71. The number of piperazine rings is 1. The number of likely N-dealkylation sites (N-methyl/N-ethyl adjacent to an activating group) is 1. The Morgan fingerprint density at radius 1 is 1.18 bits per heavy atom. The number of pyridine rings is 2. The van der Waals surface area contributed by atoms with Crippen LogP contribution in [0.2, 0.25) is 0 Å². The molecule has 0 radical (unpaired) electrons. The minimum absolute atomic E-state index is 0.0557. The maximum atomic E-state index is 12.2. The summed E-state index contributed by atoms with van der Waals surface area (Å²) in [5.41, 5.74) is 9.48. The number of carbonyl (C=O) groups is 1. The maximum absolute atomic E-state index is 12.2. The summed E-state index contributed by atoms with van der Waals surface area (Å²) in [6.45, 7) is 4.07. The Morgan fingerprint density at radius 3 is 2.73 bits per heavy atom. The van der Waals surface area contributed by atoms with E-state index in [2.05, 4.69) is 16.0 Å². The van der Waals surface area contributed by atoms with Crippen LogP contribution < -0.4 is 15.4 Å². The standard InChI is InChI=1S/C25H26N6O2/c1-17-11-20(13-24(29-17)31-10-9-30(2)25(32)16-31)33-23-12-19(14-27)3-5-21(23)22-6-4-18(7-8-26)15-28-22/h3-6,11-13,15H,7-10,16,26H2,1-2H3. The molecule has 1 amide bonds. The first-order valence-electron chi connectivity index (χ1n) is 10.8.